The number of rotatable bonds is 7. The summed E-state index contributed by atoms with van der Waals surface area (Å²) in [7, 11) is 0. The molecule has 0 radical (unpaired) electrons. The van der Waals surface area contributed by atoms with Crippen LogP contribution in [0, 0.1) is 5.92 Å². The van der Waals surface area contributed by atoms with Crippen molar-refractivity contribution in [2.24, 2.45) is 5.92 Å². The summed E-state index contributed by atoms with van der Waals surface area (Å²) < 4.78 is 0. The summed E-state index contributed by atoms with van der Waals surface area (Å²) in [5.41, 5.74) is 1.69. The molecule has 0 aliphatic heterocycles. The van der Waals surface area contributed by atoms with Gasteiger partial charge in [-0.25, -0.2) is 0 Å². The molecule has 3 rings (SSSR count). The van der Waals surface area contributed by atoms with Gasteiger partial charge in [0.2, 0.25) is 5.91 Å². The summed E-state index contributed by atoms with van der Waals surface area (Å²) in [6.07, 6.45) is 1.93. The number of carbonyl (C=O) groups is 3. The molecular weight excluding hydrogens is 330 g/mol. The standard InChI is InChI=1S/C20H21N3O3/c24-18(15-6-7-15)21-12-13-22-19(25)16-8-10-17(11-9-16)23-20(26)14-4-2-1-3-5-14/h1-5,8-11,15H,6-7,12-13H2,(H,21,24)(H,22,25)(H,23,26). The number of amides is 3. The molecule has 0 unspecified atom stereocenters. The van der Waals surface area contributed by atoms with Gasteiger partial charge >= 0.3 is 0 Å². The van der Waals surface area contributed by atoms with Gasteiger partial charge in [0, 0.05) is 35.8 Å². The van der Waals surface area contributed by atoms with Crippen LogP contribution in [-0.2, 0) is 4.79 Å². The molecule has 6 heteroatoms. The van der Waals surface area contributed by atoms with Gasteiger partial charge in [0.25, 0.3) is 11.8 Å². The highest BCUT2D eigenvalue weighted by molar-refractivity contribution is 6.04. The van der Waals surface area contributed by atoms with Gasteiger partial charge < -0.3 is 16.0 Å². The van der Waals surface area contributed by atoms with Gasteiger partial charge in [0.15, 0.2) is 0 Å². The van der Waals surface area contributed by atoms with Crippen molar-refractivity contribution in [1.29, 1.82) is 0 Å². The lowest BCUT2D eigenvalue weighted by Gasteiger charge is -2.08. The van der Waals surface area contributed by atoms with Crippen LogP contribution in [-0.4, -0.2) is 30.8 Å². The normalized spacial score (nSPS) is 12.9. The van der Waals surface area contributed by atoms with Crippen LogP contribution in [0.5, 0.6) is 0 Å². The first-order valence-corrected chi connectivity index (χ1v) is 8.66. The smallest absolute Gasteiger partial charge is 0.255 e. The third kappa shape index (κ3) is 4.92. The zero-order valence-electron chi connectivity index (χ0n) is 14.3. The fraction of sp³-hybridized carbons (Fsp3) is 0.250. The Morgan fingerprint density at radius 2 is 1.38 bits per heavy atom. The molecule has 0 aromatic heterocycles. The van der Waals surface area contributed by atoms with Gasteiger partial charge in [-0.1, -0.05) is 18.2 Å². The van der Waals surface area contributed by atoms with Crippen molar-refractivity contribution in [2.75, 3.05) is 18.4 Å². The number of hydrogen-bond donors (Lipinski definition) is 3. The van der Waals surface area contributed by atoms with Crippen LogP contribution in [0.1, 0.15) is 33.6 Å². The summed E-state index contributed by atoms with van der Waals surface area (Å²) in [6, 6.07) is 15.6. The molecule has 1 saturated carbocycles. The van der Waals surface area contributed by atoms with E-state index in [9.17, 15) is 14.4 Å². The van der Waals surface area contributed by atoms with Crippen LogP contribution in [0.4, 0.5) is 5.69 Å². The van der Waals surface area contributed by atoms with Crippen molar-refractivity contribution >= 4 is 23.4 Å². The molecule has 134 valence electrons. The maximum Gasteiger partial charge on any atom is 0.255 e. The maximum absolute atomic E-state index is 12.1. The molecule has 0 atom stereocenters. The van der Waals surface area contributed by atoms with Crippen molar-refractivity contribution in [1.82, 2.24) is 10.6 Å². The van der Waals surface area contributed by atoms with Gasteiger partial charge in [0.1, 0.15) is 0 Å². The van der Waals surface area contributed by atoms with Gasteiger partial charge in [-0.05, 0) is 49.2 Å². The van der Waals surface area contributed by atoms with E-state index >= 15 is 0 Å². The molecule has 3 N–H and O–H groups in total. The molecule has 2 aromatic rings. The lowest BCUT2D eigenvalue weighted by molar-refractivity contribution is -0.122. The molecule has 0 saturated heterocycles. The van der Waals surface area contributed by atoms with E-state index in [0.717, 1.165) is 12.8 Å². The van der Waals surface area contributed by atoms with Crippen molar-refractivity contribution in [2.45, 2.75) is 12.8 Å². The van der Waals surface area contributed by atoms with Crippen LogP contribution in [0.2, 0.25) is 0 Å². The Morgan fingerprint density at radius 3 is 2.04 bits per heavy atom. The molecule has 26 heavy (non-hydrogen) atoms. The molecule has 1 aliphatic rings. The Kier molecular flexibility index (Phi) is 5.63. The third-order valence-electron chi connectivity index (χ3n) is 4.10. The summed E-state index contributed by atoms with van der Waals surface area (Å²) in [4.78, 5) is 35.7. The van der Waals surface area contributed by atoms with Crippen LogP contribution in [0.15, 0.2) is 54.6 Å². The van der Waals surface area contributed by atoms with Crippen molar-refractivity contribution in [3.05, 3.63) is 65.7 Å². The number of carbonyl (C=O) groups excluding carboxylic acids is 3. The summed E-state index contributed by atoms with van der Waals surface area (Å²) in [5, 5.41) is 8.34. The fourth-order valence-corrected chi connectivity index (χ4v) is 2.45. The van der Waals surface area contributed by atoms with Gasteiger partial charge in [-0.15, -0.1) is 0 Å². The fourth-order valence-electron chi connectivity index (χ4n) is 2.45. The van der Waals surface area contributed by atoms with E-state index < -0.39 is 0 Å². The average Bonchev–Trinajstić information content (AvgIpc) is 3.51. The van der Waals surface area contributed by atoms with Crippen LogP contribution >= 0.6 is 0 Å². The molecule has 1 fully saturated rings. The van der Waals surface area contributed by atoms with E-state index in [1.54, 1.807) is 48.5 Å². The summed E-state index contributed by atoms with van der Waals surface area (Å²) in [5.74, 6) is -0.178. The highest BCUT2D eigenvalue weighted by Crippen LogP contribution is 2.28. The van der Waals surface area contributed by atoms with Gasteiger partial charge in [-0.2, -0.15) is 0 Å². The largest absolute Gasteiger partial charge is 0.354 e. The van der Waals surface area contributed by atoms with Gasteiger partial charge in [-0.3, -0.25) is 14.4 Å². The number of anilines is 1. The summed E-state index contributed by atoms with van der Waals surface area (Å²) >= 11 is 0. The van der Waals surface area contributed by atoms with Crippen molar-refractivity contribution in [3.8, 4) is 0 Å². The lowest BCUT2D eigenvalue weighted by atomic mass is 10.1. The SMILES string of the molecule is O=C(NCCNC(=O)C1CC1)c1ccc(NC(=O)c2ccccc2)cc1. The Morgan fingerprint density at radius 1 is 0.769 bits per heavy atom. The number of nitrogens with one attached hydrogen (secondary N) is 3. The molecule has 6 nitrogen and oxygen atoms in total. The molecule has 0 heterocycles. The van der Waals surface area contributed by atoms with Crippen LogP contribution < -0.4 is 16.0 Å². The van der Waals surface area contributed by atoms with E-state index in [4.69, 9.17) is 0 Å². The predicted octanol–water partition coefficient (Wildman–Crippen LogP) is 2.19. The molecule has 0 bridgehead atoms. The van der Waals surface area contributed by atoms with Crippen molar-refractivity contribution < 1.29 is 14.4 Å². The minimum atomic E-state index is -0.216. The molecule has 1 aliphatic carbocycles. The minimum absolute atomic E-state index is 0.0674. The second-order valence-electron chi connectivity index (χ2n) is 6.22. The van der Waals surface area contributed by atoms with E-state index in [0.29, 0.717) is 29.9 Å². The Hall–Kier alpha value is -3.15. The Bertz CT molecular complexity index is 784. The average molecular weight is 351 g/mol. The minimum Gasteiger partial charge on any atom is -0.354 e. The summed E-state index contributed by atoms with van der Waals surface area (Å²) in [6.45, 7) is 0.802. The zero-order chi connectivity index (χ0) is 18.4. The molecule has 2 aromatic carbocycles. The first-order chi connectivity index (χ1) is 12.6. The highest BCUT2D eigenvalue weighted by atomic mass is 16.2. The topological polar surface area (TPSA) is 87.3 Å². The maximum atomic E-state index is 12.1. The first kappa shape index (κ1) is 17.7. The molecular formula is C20H21N3O3. The van der Waals surface area contributed by atoms with Crippen molar-refractivity contribution in [3.63, 3.8) is 0 Å². The second-order valence-corrected chi connectivity index (χ2v) is 6.22. The van der Waals surface area contributed by atoms with E-state index in [1.165, 1.54) is 0 Å². The van der Waals surface area contributed by atoms with Gasteiger partial charge in [0.05, 0.1) is 0 Å². The molecule has 0 spiro atoms. The molecule has 3 amide bonds. The Labute approximate surface area is 152 Å². The number of benzene rings is 2. The second kappa shape index (κ2) is 8.29. The highest BCUT2D eigenvalue weighted by Gasteiger charge is 2.28. The number of hydrogen-bond acceptors (Lipinski definition) is 3. The monoisotopic (exact) mass is 351 g/mol. The lowest BCUT2D eigenvalue weighted by Crippen LogP contribution is -2.35. The zero-order valence-corrected chi connectivity index (χ0v) is 14.3. The quantitative estimate of drug-likeness (QED) is 0.668. The predicted molar refractivity (Wildman–Crippen MR) is 98.9 cm³/mol. The first-order valence-electron chi connectivity index (χ1n) is 8.66. The van der Waals surface area contributed by atoms with E-state index in [-0.39, 0.29) is 23.6 Å². The van der Waals surface area contributed by atoms with Crippen LogP contribution in [0.25, 0.3) is 0 Å². The Balaban J connectivity index is 1.45. The van der Waals surface area contributed by atoms with Crippen LogP contribution in [0.3, 0.4) is 0 Å². The van der Waals surface area contributed by atoms with E-state index in [2.05, 4.69) is 16.0 Å². The van der Waals surface area contributed by atoms with E-state index in [1.807, 2.05) is 6.07 Å². The third-order valence-corrected chi connectivity index (χ3v) is 4.10.